The van der Waals surface area contributed by atoms with E-state index in [-0.39, 0.29) is 12.6 Å². The van der Waals surface area contributed by atoms with Crippen molar-refractivity contribution in [2.75, 3.05) is 52.0 Å². The van der Waals surface area contributed by atoms with E-state index in [9.17, 15) is 4.79 Å². The summed E-state index contributed by atoms with van der Waals surface area (Å²) >= 11 is 0. The molecule has 2 aliphatic rings. The van der Waals surface area contributed by atoms with Gasteiger partial charge < -0.3 is 19.3 Å². The quantitative estimate of drug-likeness (QED) is 0.444. The number of hydrogen-bond acceptors (Lipinski definition) is 5. The van der Waals surface area contributed by atoms with Crippen LogP contribution in [0.25, 0.3) is 11.1 Å². The number of likely N-dealkylation sites (tertiary alicyclic amines) is 1. The van der Waals surface area contributed by atoms with E-state index in [0.29, 0.717) is 24.0 Å². The molecule has 1 unspecified atom stereocenters. The summed E-state index contributed by atoms with van der Waals surface area (Å²) in [6, 6.07) is 24.2. The summed E-state index contributed by atoms with van der Waals surface area (Å²) in [5.74, 6) is 1.39. The molecule has 1 amide bonds. The minimum atomic E-state index is -0.0545. The summed E-state index contributed by atoms with van der Waals surface area (Å²) in [5, 5.41) is 0. The molecule has 1 atom stereocenters. The fourth-order valence-corrected chi connectivity index (χ4v) is 4.80. The third-order valence-corrected chi connectivity index (χ3v) is 6.93. The van der Waals surface area contributed by atoms with Gasteiger partial charge in [-0.2, -0.15) is 0 Å². The molecule has 0 bridgehead atoms. The molecule has 3 aromatic carbocycles. The number of nitrogens with zero attached hydrogens (tertiary/aromatic N) is 3. The maximum atomic E-state index is 13.2. The van der Waals surface area contributed by atoms with E-state index in [1.807, 2.05) is 60.7 Å². The number of likely N-dealkylation sites (N-methyl/N-ethyl adjacent to an activating group) is 1. The maximum absolute atomic E-state index is 13.2. The van der Waals surface area contributed by atoms with Crippen LogP contribution in [0.3, 0.4) is 0 Å². The molecule has 0 saturated carbocycles. The molecular weight excluding hydrogens is 438 g/mol. The Morgan fingerprint density at radius 3 is 2.54 bits per heavy atom. The molecule has 0 aliphatic carbocycles. The molecule has 182 valence electrons. The normalized spacial score (nSPS) is 18.0. The van der Waals surface area contributed by atoms with Crippen molar-refractivity contribution < 1.29 is 14.3 Å². The number of fused-ring (bicyclic) bond motifs is 1. The lowest BCUT2D eigenvalue weighted by Crippen LogP contribution is -2.38. The van der Waals surface area contributed by atoms with Crippen LogP contribution in [0.1, 0.15) is 23.2 Å². The van der Waals surface area contributed by atoms with Gasteiger partial charge in [0.05, 0.1) is 12.2 Å². The van der Waals surface area contributed by atoms with Gasteiger partial charge in [-0.1, -0.05) is 36.4 Å². The third-order valence-electron chi connectivity index (χ3n) is 6.93. The molecule has 5 rings (SSSR count). The highest BCUT2D eigenvalue weighted by molar-refractivity contribution is 6.09. The number of benzene rings is 3. The molecule has 3 aromatic rings. The number of anilines is 1. The minimum Gasteiger partial charge on any atom is -0.494 e. The standard InChI is InChI=1S/C29H33N3O3/c1-30(2)25-15-17-31(20-25)16-6-18-34-26-12-10-24(11-13-26)32-21-35-28-19-23(9-14-27(28)29(32)33)22-7-4-3-5-8-22/h3-5,7-14,19,25H,6,15-18,20-21H2,1-2H3. The largest absolute Gasteiger partial charge is 0.494 e. The van der Waals surface area contributed by atoms with E-state index in [1.165, 1.54) is 13.0 Å². The van der Waals surface area contributed by atoms with Crippen LogP contribution in [-0.4, -0.2) is 68.8 Å². The van der Waals surface area contributed by atoms with Gasteiger partial charge in [0.15, 0.2) is 6.73 Å². The van der Waals surface area contributed by atoms with Gasteiger partial charge in [-0.15, -0.1) is 0 Å². The molecule has 2 aliphatic heterocycles. The second-order valence-corrected chi connectivity index (χ2v) is 9.49. The van der Waals surface area contributed by atoms with Crippen LogP contribution in [-0.2, 0) is 0 Å². The highest BCUT2D eigenvalue weighted by atomic mass is 16.5. The monoisotopic (exact) mass is 471 g/mol. The van der Waals surface area contributed by atoms with Crippen molar-refractivity contribution >= 4 is 11.6 Å². The Morgan fingerprint density at radius 2 is 1.80 bits per heavy atom. The lowest BCUT2D eigenvalue weighted by molar-refractivity contribution is 0.0937. The SMILES string of the molecule is CN(C)C1CCN(CCCOc2ccc(N3COc4cc(-c5ccccc5)ccc4C3=O)cc2)C1. The third kappa shape index (κ3) is 5.34. The van der Waals surface area contributed by atoms with E-state index < -0.39 is 0 Å². The molecule has 0 radical (unpaired) electrons. The van der Waals surface area contributed by atoms with Crippen LogP contribution in [0.15, 0.2) is 72.8 Å². The fraction of sp³-hybridized carbons (Fsp3) is 0.345. The summed E-state index contributed by atoms with van der Waals surface area (Å²) in [6.07, 6.45) is 2.25. The Kier molecular flexibility index (Phi) is 7.02. The Morgan fingerprint density at radius 1 is 1.00 bits per heavy atom. The topological polar surface area (TPSA) is 45.2 Å². The van der Waals surface area contributed by atoms with Gasteiger partial charge >= 0.3 is 0 Å². The molecule has 1 fully saturated rings. The van der Waals surface area contributed by atoms with Gasteiger partial charge in [-0.3, -0.25) is 9.69 Å². The van der Waals surface area contributed by atoms with Crippen LogP contribution in [0, 0.1) is 0 Å². The minimum absolute atomic E-state index is 0.0545. The highest BCUT2D eigenvalue weighted by Crippen LogP contribution is 2.33. The zero-order valence-corrected chi connectivity index (χ0v) is 20.5. The molecule has 6 heteroatoms. The summed E-state index contributed by atoms with van der Waals surface area (Å²) in [4.78, 5) is 19.6. The molecule has 6 nitrogen and oxygen atoms in total. The van der Waals surface area contributed by atoms with Crippen molar-refractivity contribution in [2.24, 2.45) is 0 Å². The first kappa shape index (κ1) is 23.4. The molecule has 0 spiro atoms. The zero-order valence-electron chi connectivity index (χ0n) is 20.5. The first-order valence-electron chi connectivity index (χ1n) is 12.3. The van der Waals surface area contributed by atoms with E-state index in [0.717, 1.165) is 42.1 Å². The number of hydrogen-bond donors (Lipinski definition) is 0. The summed E-state index contributed by atoms with van der Waals surface area (Å²) < 4.78 is 11.9. The molecule has 2 heterocycles. The Bertz CT molecular complexity index is 1150. The molecule has 1 saturated heterocycles. The van der Waals surface area contributed by atoms with E-state index in [1.54, 1.807) is 4.90 Å². The number of rotatable bonds is 8. The van der Waals surface area contributed by atoms with Crippen molar-refractivity contribution in [3.8, 4) is 22.6 Å². The van der Waals surface area contributed by atoms with Crippen LogP contribution in [0.4, 0.5) is 5.69 Å². The highest BCUT2D eigenvalue weighted by Gasteiger charge is 2.27. The van der Waals surface area contributed by atoms with E-state index >= 15 is 0 Å². The fourth-order valence-electron chi connectivity index (χ4n) is 4.80. The summed E-state index contributed by atoms with van der Waals surface area (Å²) in [6.45, 7) is 4.25. The van der Waals surface area contributed by atoms with Crippen LogP contribution < -0.4 is 14.4 Å². The summed E-state index contributed by atoms with van der Waals surface area (Å²) in [5.41, 5.74) is 3.51. The van der Waals surface area contributed by atoms with Crippen LogP contribution in [0.2, 0.25) is 0 Å². The summed E-state index contributed by atoms with van der Waals surface area (Å²) in [7, 11) is 4.32. The number of carbonyl (C=O) groups is 1. The molecular formula is C29H33N3O3. The first-order chi connectivity index (χ1) is 17.1. The van der Waals surface area contributed by atoms with Crippen molar-refractivity contribution in [3.05, 3.63) is 78.4 Å². The first-order valence-corrected chi connectivity index (χ1v) is 12.3. The Labute approximate surface area is 207 Å². The van der Waals surface area contributed by atoms with Gasteiger partial charge in [0.1, 0.15) is 11.5 Å². The second-order valence-electron chi connectivity index (χ2n) is 9.49. The van der Waals surface area contributed by atoms with Gasteiger partial charge in [0, 0.05) is 24.8 Å². The molecule has 35 heavy (non-hydrogen) atoms. The smallest absolute Gasteiger partial charge is 0.264 e. The van der Waals surface area contributed by atoms with Crippen molar-refractivity contribution in [2.45, 2.75) is 18.9 Å². The van der Waals surface area contributed by atoms with E-state index in [2.05, 4.69) is 36.0 Å². The van der Waals surface area contributed by atoms with Crippen LogP contribution in [0.5, 0.6) is 11.5 Å². The van der Waals surface area contributed by atoms with Gasteiger partial charge in [0.25, 0.3) is 5.91 Å². The van der Waals surface area contributed by atoms with Gasteiger partial charge in [0.2, 0.25) is 0 Å². The predicted molar refractivity (Wildman–Crippen MR) is 139 cm³/mol. The predicted octanol–water partition coefficient (Wildman–Crippen LogP) is 4.76. The Balaban J connectivity index is 1.15. The van der Waals surface area contributed by atoms with Crippen molar-refractivity contribution in [1.82, 2.24) is 9.80 Å². The Hall–Kier alpha value is -3.35. The van der Waals surface area contributed by atoms with Crippen molar-refractivity contribution in [3.63, 3.8) is 0 Å². The number of ether oxygens (including phenoxy) is 2. The number of carbonyl (C=O) groups excluding carboxylic acids is 1. The van der Waals surface area contributed by atoms with Crippen molar-refractivity contribution in [1.29, 1.82) is 0 Å². The van der Waals surface area contributed by atoms with Crippen LogP contribution >= 0.6 is 0 Å². The number of amides is 1. The average Bonchev–Trinajstić information content (AvgIpc) is 3.37. The molecule has 0 aromatic heterocycles. The van der Waals surface area contributed by atoms with Gasteiger partial charge in [-0.25, -0.2) is 0 Å². The zero-order chi connectivity index (χ0) is 24.2. The average molecular weight is 472 g/mol. The second kappa shape index (κ2) is 10.5. The molecule has 0 N–H and O–H groups in total. The van der Waals surface area contributed by atoms with E-state index in [4.69, 9.17) is 9.47 Å². The van der Waals surface area contributed by atoms with Gasteiger partial charge in [-0.05, 0) is 81.0 Å². The lowest BCUT2D eigenvalue weighted by Gasteiger charge is -2.29. The lowest BCUT2D eigenvalue weighted by atomic mass is 10.0. The maximum Gasteiger partial charge on any atom is 0.264 e.